The molecule has 194 valence electrons. The van der Waals surface area contributed by atoms with Crippen LogP contribution >= 0.6 is 0 Å². The molecule has 0 spiro atoms. The van der Waals surface area contributed by atoms with Crippen molar-refractivity contribution in [3.05, 3.63) is 0 Å². The molecule has 11 nitrogen and oxygen atoms in total. The van der Waals surface area contributed by atoms with Crippen LogP contribution in [0.2, 0.25) is 0 Å². The number of nitrogens with one attached hydrogen (secondary N) is 3. The van der Waals surface area contributed by atoms with Crippen molar-refractivity contribution in [2.75, 3.05) is 19.6 Å². The van der Waals surface area contributed by atoms with Gasteiger partial charge in [0.1, 0.15) is 6.04 Å². The monoisotopic (exact) mass is 484 g/mol. The van der Waals surface area contributed by atoms with Gasteiger partial charge >= 0.3 is 11.9 Å². The molecule has 0 aromatic heterocycles. The molecule has 1 aliphatic rings. The Labute approximate surface area is 200 Å². The number of hydrogen-bond acceptors (Lipinski definition) is 6. The Kier molecular flexibility index (Phi) is 14.5. The maximum atomic E-state index is 12.5. The van der Waals surface area contributed by atoms with E-state index in [2.05, 4.69) is 16.0 Å². The summed E-state index contributed by atoms with van der Waals surface area (Å²) in [6, 6.07) is -0.880. The number of amides is 3. The fraction of sp³-hybridized carbons (Fsp3) is 0.783. The van der Waals surface area contributed by atoms with Crippen molar-refractivity contribution >= 4 is 29.7 Å². The second-order valence-corrected chi connectivity index (χ2v) is 8.91. The highest BCUT2D eigenvalue weighted by Crippen LogP contribution is 2.28. The minimum absolute atomic E-state index is 0.0470. The van der Waals surface area contributed by atoms with Crippen molar-refractivity contribution in [2.45, 2.75) is 83.1 Å². The average molecular weight is 485 g/mol. The first-order chi connectivity index (χ1) is 16.2. The summed E-state index contributed by atoms with van der Waals surface area (Å²) >= 11 is 0. The summed E-state index contributed by atoms with van der Waals surface area (Å²) in [5, 5.41) is 26.1. The summed E-state index contributed by atoms with van der Waals surface area (Å²) in [7, 11) is 0. The van der Waals surface area contributed by atoms with E-state index >= 15 is 0 Å². The van der Waals surface area contributed by atoms with E-state index in [0.29, 0.717) is 70.5 Å². The van der Waals surface area contributed by atoms with Crippen LogP contribution in [-0.4, -0.2) is 65.5 Å². The zero-order valence-corrected chi connectivity index (χ0v) is 19.9. The topological polar surface area (TPSA) is 188 Å². The van der Waals surface area contributed by atoms with Crippen LogP contribution in [0.25, 0.3) is 0 Å². The summed E-state index contributed by atoms with van der Waals surface area (Å²) in [4.78, 5) is 57.7. The van der Waals surface area contributed by atoms with Gasteiger partial charge in [-0.1, -0.05) is 0 Å². The molecule has 0 saturated heterocycles. The molecule has 0 bridgehead atoms. The number of carboxylic acids is 2. The SMILES string of the molecule is NCCCC[C@H](NC(=O)C1CCC(CNC(=O)CCCCNC(=O)CCC(=O)O)CC1)C(=O)O. The molecule has 0 aromatic carbocycles. The number of nitrogens with two attached hydrogens (primary N) is 1. The van der Waals surface area contributed by atoms with E-state index in [4.69, 9.17) is 10.8 Å². The molecule has 1 rings (SSSR count). The van der Waals surface area contributed by atoms with Gasteiger partial charge in [-0.05, 0) is 70.3 Å². The largest absolute Gasteiger partial charge is 0.481 e. The smallest absolute Gasteiger partial charge is 0.326 e. The van der Waals surface area contributed by atoms with Gasteiger partial charge in [0, 0.05) is 31.8 Å². The van der Waals surface area contributed by atoms with E-state index in [0.717, 1.165) is 19.3 Å². The van der Waals surface area contributed by atoms with Crippen molar-refractivity contribution in [1.82, 2.24) is 16.0 Å². The van der Waals surface area contributed by atoms with E-state index in [-0.39, 0.29) is 36.5 Å². The highest BCUT2D eigenvalue weighted by molar-refractivity contribution is 5.85. The molecule has 0 aromatic rings. The molecule has 1 saturated carbocycles. The van der Waals surface area contributed by atoms with E-state index in [1.807, 2.05) is 0 Å². The Morgan fingerprint density at radius 2 is 1.50 bits per heavy atom. The maximum absolute atomic E-state index is 12.5. The normalized spacial score (nSPS) is 18.5. The van der Waals surface area contributed by atoms with Gasteiger partial charge in [-0.2, -0.15) is 0 Å². The van der Waals surface area contributed by atoms with Crippen LogP contribution in [0.3, 0.4) is 0 Å². The molecule has 11 heteroatoms. The minimum Gasteiger partial charge on any atom is -0.481 e. The van der Waals surface area contributed by atoms with Crippen LogP contribution in [0.1, 0.15) is 77.0 Å². The number of carbonyl (C=O) groups is 5. The molecule has 1 atom stereocenters. The molecular formula is C23H40N4O7. The van der Waals surface area contributed by atoms with E-state index in [9.17, 15) is 29.1 Å². The fourth-order valence-corrected chi connectivity index (χ4v) is 3.96. The predicted octanol–water partition coefficient (Wildman–Crippen LogP) is 0.759. The van der Waals surface area contributed by atoms with Gasteiger partial charge in [-0.25, -0.2) is 4.79 Å². The van der Waals surface area contributed by atoms with E-state index < -0.39 is 18.0 Å². The Morgan fingerprint density at radius 3 is 2.12 bits per heavy atom. The van der Waals surface area contributed by atoms with Gasteiger partial charge in [0.05, 0.1) is 6.42 Å². The highest BCUT2D eigenvalue weighted by Gasteiger charge is 2.29. The van der Waals surface area contributed by atoms with E-state index in [1.165, 1.54) is 0 Å². The molecule has 1 fully saturated rings. The van der Waals surface area contributed by atoms with Gasteiger partial charge in [-0.3, -0.25) is 19.2 Å². The van der Waals surface area contributed by atoms with Crippen LogP contribution in [0, 0.1) is 11.8 Å². The lowest BCUT2D eigenvalue weighted by Gasteiger charge is -2.28. The molecule has 0 radical (unpaired) electrons. The summed E-state index contributed by atoms with van der Waals surface area (Å²) in [5.41, 5.74) is 5.44. The van der Waals surface area contributed by atoms with Crippen LogP contribution in [-0.2, 0) is 24.0 Å². The number of rotatable bonds is 17. The molecule has 34 heavy (non-hydrogen) atoms. The third-order valence-electron chi connectivity index (χ3n) is 6.09. The Hall–Kier alpha value is -2.69. The Morgan fingerprint density at radius 1 is 0.824 bits per heavy atom. The molecule has 1 aliphatic carbocycles. The van der Waals surface area contributed by atoms with Gasteiger partial charge in [-0.15, -0.1) is 0 Å². The van der Waals surface area contributed by atoms with Crippen LogP contribution in [0.4, 0.5) is 0 Å². The van der Waals surface area contributed by atoms with Crippen molar-refractivity contribution in [3.8, 4) is 0 Å². The third kappa shape index (κ3) is 13.1. The minimum atomic E-state index is -1.03. The second kappa shape index (κ2) is 16.9. The third-order valence-corrected chi connectivity index (χ3v) is 6.09. The number of aliphatic carboxylic acids is 2. The fourth-order valence-electron chi connectivity index (χ4n) is 3.96. The zero-order valence-electron chi connectivity index (χ0n) is 19.9. The van der Waals surface area contributed by atoms with Crippen molar-refractivity contribution < 1.29 is 34.2 Å². The number of unbranched alkanes of at least 4 members (excludes halogenated alkanes) is 2. The Bertz CT molecular complexity index is 678. The van der Waals surface area contributed by atoms with Gasteiger partial charge in [0.2, 0.25) is 17.7 Å². The summed E-state index contributed by atoms with van der Waals surface area (Å²) < 4.78 is 0. The van der Waals surface area contributed by atoms with Gasteiger partial charge < -0.3 is 31.9 Å². The summed E-state index contributed by atoms with van der Waals surface area (Å²) in [6.45, 7) is 1.46. The van der Waals surface area contributed by atoms with Crippen molar-refractivity contribution in [2.24, 2.45) is 17.6 Å². The molecule has 0 unspecified atom stereocenters. The highest BCUT2D eigenvalue weighted by atomic mass is 16.4. The van der Waals surface area contributed by atoms with E-state index in [1.54, 1.807) is 0 Å². The summed E-state index contributed by atoms with van der Waals surface area (Å²) in [5.74, 6) is -2.51. The zero-order chi connectivity index (χ0) is 25.3. The van der Waals surface area contributed by atoms with Crippen LogP contribution < -0.4 is 21.7 Å². The first-order valence-corrected chi connectivity index (χ1v) is 12.2. The molecule has 3 amide bonds. The maximum Gasteiger partial charge on any atom is 0.326 e. The molecule has 7 N–H and O–H groups in total. The van der Waals surface area contributed by atoms with Gasteiger partial charge in [0.15, 0.2) is 0 Å². The average Bonchev–Trinajstić information content (AvgIpc) is 2.80. The lowest BCUT2D eigenvalue weighted by Crippen LogP contribution is -2.44. The number of carboxylic acid groups (broad SMARTS) is 2. The van der Waals surface area contributed by atoms with Crippen molar-refractivity contribution in [1.29, 1.82) is 0 Å². The van der Waals surface area contributed by atoms with Crippen molar-refractivity contribution in [3.63, 3.8) is 0 Å². The lowest BCUT2D eigenvalue weighted by molar-refractivity contribution is -0.143. The number of carbonyl (C=O) groups excluding carboxylic acids is 3. The first kappa shape index (κ1) is 29.3. The van der Waals surface area contributed by atoms with Crippen LogP contribution in [0.15, 0.2) is 0 Å². The summed E-state index contributed by atoms with van der Waals surface area (Å²) in [6.07, 6.45) is 6.05. The molecular weight excluding hydrogens is 444 g/mol. The quantitative estimate of drug-likeness (QED) is 0.163. The number of hydrogen-bond donors (Lipinski definition) is 6. The van der Waals surface area contributed by atoms with Gasteiger partial charge in [0.25, 0.3) is 0 Å². The standard InChI is InChI=1S/C23H40N4O7/c24-13-3-1-5-18(23(33)34)27-22(32)17-9-7-16(8-10-17)15-26-19(28)6-2-4-14-25-20(29)11-12-21(30)31/h16-18H,1-15,24H2,(H,25,29)(H,26,28)(H,27,32)(H,30,31)(H,33,34)/t16?,17?,18-/m0/s1. The molecule has 0 heterocycles. The van der Waals surface area contributed by atoms with Crippen LogP contribution in [0.5, 0.6) is 0 Å². The molecule has 0 aliphatic heterocycles. The Balaban J connectivity index is 2.16. The second-order valence-electron chi connectivity index (χ2n) is 8.91. The predicted molar refractivity (Wildman–Crippen MR) is 125 cm³/mol. The lowest BCUT2D eigenvalue weighted by atomic mass is 9.81. The first-order valence-electron chi connectivity index (χ1n) is 12.2.